The van der Waals surface area contributed by atoms with Gasteiger partial charge in [0.15, 0.2) is 9.84 Å². The van der Waals surface area contributed by atoms with Gasteiger partial charge in [0.05, 0.1) is 11.4 Å². The molecule has 1 heterocycles. The third kappa shape index (κ3) is 6.77. The number of carbonyl (C=O) groups excluding carboxylic acids is 1. The number of Topliss-reactive ketones (excluding diaryl/α,β-unsaturated/α-hetero) is 1. The third-order valence-corrected chi connectivity index (χ3v) is 6.80. The van der Waals surface area contributed by atoms with E-state index in [2.05, 4.69) is 11.9 Å². The molecule has 0 unspecified atom stereocenters. The zero-order chi connectivity index (χ0) is 22.4. The summed E-state index contributed by atoms with van der Waals surface area (Å²) in [6.45, 7) is 3.77. The van der Waals surface area contributed by atoms with Crippen molar-refractivity contribution in [2.24, 2.45) is 0 Å². The molecule has 0 N–H and O–H groups in total. The van der Waals surface area contributed by atoms with Crippen molar-refractivity contribution in [2.45, 2.75) is 45.3 Å². The van der Waals surface area contributed by atoms with E-state index in [4.69, 9.17) is 16.0 Å². The van der Waals surface area contributed by atoms with Crippen LogP contribution in [-0.2, 0) is 33.2 Å². The predicted molar refractivity (Wildman–Crippen MR) is 123 cm³/mol. The van der Waals surface area contributed by atoms with Gasteiger partial charge in [0.2, 0.25) is 5.89 Å². The van der Waals surface area contributed by atoms with Crippen molar-refractivity contribution in [1.29, 1.82) is 0 Å². The van der Waals surface area contributed by atoms with Crippen LogP contribution in [0.2, 0.25) is 5.02 Å². The van der Waals surface area contributed by atoms with Crippen LogP contribution in [0.3, 0.4) is 0 Å². The maximum Gasteiger partial charge on any atom is 0.226 e. The highest BCUT2D eigenvalue weighted by atomic mass is 35.5. The summed E-state index contributed by atoms with van der Waals surface area (Å²) in [6.07, 6.45) is 2.44. The molecule has 0 aliphatic carbocycles. The van der Waals surface area contributed by atoms with Gasteiger partial charge in [0.1, 0.15) is 17.3 Å². The van der Waals surface area contributed by atoms with E-state index >= 15 is 0 Å². The Labute approximate surface area is 188 Å². The zero-order valence-electron chi connectivity index (χ0n) is 17.7. The fourth-order valence-electron chi connectivity index (χ4n) is 3.29. The number of benzene rings is 2. The van der Waals surface area contributed by atoms with Crippen LogP contribution in [0, 0.1) is 6.92 Å². The van der Waals surface area contributed by atoms with Crippen LogP contribution in [0.4, 0.5) is 0 Å². The largest absolute Gasteiger partial charge is 0.441 e. The Morgan fingerprint density at radius 3 is 2.32 bits per heavy atom. The first kappa shape index (κ1) is 23.2. The molecule has 0 radical (unpaired) electrons. The normalized spacial score (nSPS) is 11.6. The van der Waals surface area contributed by atoms with E-state index < -0.39 is 15.6 Å². The summed E-state index contributed by atoms with van der Waals surface area (Å²) in [6, 6.07) is 15.2. The van der Waals surface area contributed by atoms with E-state index in [0.29, 0.717) is 35.2 Å². The molecule has 0 bridgehead atoms. The summed E-state index contributed by atoms with van der Waals surface area (Å²) in [5, 5.41) is 0.662. The summed E-state index contributed by atoms with van der Waals surface area (Å²) in [5.41, 5.74) is 3.41. The van der Waals surface area contributed by atoms with Crippen LogP contribution in [0.1, 0.15) is 42.3 Å². The molecule has 0 saturated carbocycles. The van der Waals surface area contributed by atoms with Gasteiger partial charge in [-0.05, 0) is 61.6 Å². The molecule has 0 atom stereocenters. The molecular weight excluding hydrogens is 434 g/mol. The Balaban J connectivity index is 1.56. The Kier molecular flexibility index (Phi) is 7.68. The summed E-state index contributed by atoms with van der Waals surface area (Å²) in [7, 11) is -3.63. The van der Waals surface area contributed by atoms with Gasteiger partial charge in [-0.25, -0.2) is 13.4 Å². The van der Waals surface area contributed by atoms with Gasteiger partial charge in [-0.1, -0.05) is 42.8 Å². The third-order valence-electron chi connectivity index (χ3n) is 5.07. The number of aryl methyl sites for hydroxylation is 3. The van der Waals surface area contributed by atoms with Gasteiger partial charge >= 0.3 is 0 Å². The number of aromatic nitrogens is 1. The van der Waals surface area contributed by atoms with Crippen molar-refractivity contribution in [3.63, 3.8) is 0 Å². The SMILES string of the molecule is CCc1ccc(-c2nc(CS(=O)(=O)CC(=O)CCCc3ccc(Cl)cc3)c(C)o2)cc1. The Bertz CT molecular complexity index is 1130. The first-order chi connectivity index (χ1) is 14.8. The lowest BCUT2D eigenvalue weighted by Crippen LogP contribution is -2.18. The molecule has 7 heteroatoms. The molecule has 0 saturated heterocycles. The second-order valence-electron chi connectivity index (χ2n) is 7.62. The van der Waals surface area contributed by atoms with Gasteiger partial charge in [0.25, 0.3) is 0 Å². The number of ketones is 1. The summed E-state index contributed by atoms with van der Waals surface area (Å²) >= 11 is 5.86. The second kappa shape index (κ2) is 10.2. The number of halogens is 1. The number of hydrogen-bond acceptors (Lipinski definition) is 5. The first-order valence-corrected chi connectivity index (χ1v) is 12.5. The summed E-state index contributed by atoms with van der Waals surface area (Å²) in [4.78, 5) is 16.6. The van der Waals surface area contributed by atoms with E-state index in [-0.39, 0.29) is 18.0 Å². The van der Waals surface area contributed by atoms with Crippen molar-refractivity contribution in [3.05, 3.63) is 76.1 Å². The first-order valence-electron chi connectivity index (χ1n) is 10.3. The van der Waals surface area contributed by atoms with Crippen LogP contribution in [0.15, 0.2) is 52.9 Å². The highest BCUT2D eigenvalue weighted by Crippen LogP contribution is 2.24. The predicted octanol–water partition coefficient (Wildman–Crippen LogP) is 5.37. The molecule has 0 aliphatic heterocycles. The number of nitrogens with zero attached hydrogens (tertiary/aromatic N) is 1. The highest BCUT2D eigenvalue weighted by Gasteiger charge is 2.22. The van der Waals surface area contributed by atoms with Crippen molar-refractivity contribution in [3.8, 4) is 11.5 Å². The molecule has 5 nitrogen and oxygen atoms in total. The van der Waals surface area contributed by atoms with E-state index in [1.54, 1.807) is 19.1 Å². The topological polar surface area (TPSA) is 77.2 Å². The standard InChI is InChI=1S/C24H26ClNO4S/c1-3-18-7-11-20(12-8-18)24-26-23(17(2)30-24)16-31(28,29)15-22(27)6-4-5-19-9-13-21(25)14-10-19/h7-14H,3-6,15-16H2,1-2H3. The van der Waals surface area contributed by atoms with E-state index in [9.17, 15) is 13.2 Å². The second-order valence-corrected chi connectivity index (χ2v) is 10.1. The summed E-state index contributed by atoms with van der Waals surface area (Å²) in [5.74, 6) is -0.239. The van der Waals surface area contributed by atoms with Crippen molar-refractivity contribution in [2.75, 3.05) is 5.75 Å². The smallest absolute Gasteiger partial charge is 0.226 e. The lowest BCUT2D eigenvalue weighted by Gasteiger charge is -2.04. The molecule has 2 aromatic carbocycles. The summed E-state index contributed by atoms with van der Waals surface area (Å²) < 4.78 is 30.8. The Hall–Kier alpha value is -2.44. The Morgan fingerprint density at radius 2 is 1.68 bits per heavy atom. The van der Waals surface area contributed by atoms with Crippen molar-refractivity contribution < 1.29 is 17.6 Å². The minimum atomic E-state index is -3.63. The molecule has 0 amide bonds. The van der Waals surface area contributed by atoms with Gasteiger partial charge in [-0.15, -0.1) is 0 Å². The lowest BCUT2D eigenvalue weighted by molar-refractivity contribution is -0.116. The van der Waals surface area contributed by atoms with E-state index in [1.807, 2.05) is 36.4 Å². The van der Waals surface area contributed by atoms with Crippen LogP contribution in [0.5, 0.6) is 0 Å². The van der Waals surface area contributed by atoms with Gasteiger partial charge in [-0.3, -0.25) is 4.79 Å². The maximum absolute atomic E-state index is 12.5. The number of hydrogen-bond donors (Lipinski definition) is 0. The average molecular weight is 460 g/mol. The van der Waals surface area contributed by atoms with Crippen LogP contribution in [-0.4, -0.2) is 24.9 Å². The highest BCUT2D eigenvalue weighted by molar-refractivity contribution is 7.91. The monoisotopic (exact) mass is 459 g/mol. The Morgan fingerprint density at radius 1 is 1.03 bits per heavy atom. The van der Waals surface area contributed by atoms with Crippen LogP contribution < -0.4 is 0 Å². The minimum absolute atomic E-state index is 0.217. The number of oxazole rings is 1. The number of sulfone groups is 1. The molecule has 0 aliphatic rings. The lowest BCUT2D eigenvalue weighted by atomic mass is 10.1. The van der Waals surface area contributed by atoms with Crippen LogP contribution in [0.25, 0.3) is 11.5 Å². The maximum atomic E-state index is 12.5. The molecule has 1 aromatic heterocycles. The van der Waals surface area contributed by atoms with Gasteiger partial charge in [0, 0.05) is 17.0 Å². The molecule has 0 spiro atoms. The van der Waals surface area contributed by atoms with E-state index in [1.165, 1.54) is 5.56 Å². The number of carbonyl (C=O) groups is 1. The molecule has 3 rings (SSSR count). The molecular formula is C24H26ClNO4S. The molecule has 3 aromatic rings. The fraction of sp³-hybridized carbons (Fsp3) is 0.333. The molecule has 0 fully saturated rings. The zero-order valence-corrected chi connectivity index (χ0v) is 19.3. The van der Waals surface area contributed by atoms with Crippen LogP contribution >= 0.6 is 11.6 Å². The van der Waals surface area contributed by atoms with Gasteiger partial charge < -0.3 is 4.42 Å². The van der Waals surface area contributed by atoms with Crippen molar-refractivity contribution >= 4 is 27.2 Å². The van der Waals surface area contributed by atoms with E-state index in [0.717, 1.165) is 17.5 Å². The molecule has 164 valence electrons. The average Bonchev–Trinajstić information content (AvgIpc) is 3.08. The quantitative estimate of drug-likeness (QED) is 0.407. The fourth-order valence-corrected chi connectivity index (χ4v) is 4.83. The van der Waals surface area contributed by atoms with Crippen molar-refractivity contribution in [1.82, 2.24) is 4.98 Å². The molecule has 31 heavy (non-hydrogen) atoms. The minimum Gasteiger partial charge on any atom is -0.441 e. The van der Waals surface area contributed by atoms with Gasteiger partial charge in [-0.2, -0.15) is 0 Å². The number of rotatable bonds is 10.